The fraction of sp³-hybridized carbons (Fsp3) is 0.182. The zero-order chi connectivity index (χ0) is 19.9. The second kappa shape index (κ2) is 9.24. The van der Waals surface area contributed by atoms with E-state index in [2.05, 4.69) is 0 Å². The highest BCUT2D eigenvalue weighted by Crippen LogP contribution is 2.18. The predicted molar refractivity (Wildman–Crippen MR) is 108 cm³/mol. The van der Waals surface area contributed by atoms with Crippen LogP contribution in [0.15, 0.2) is 71.5 Å². The average Bonchev–Trinajstić information content (AvgIpc) is 2.74. The van der Waals surface area contributed by atoms with Crippen LogP contribution in [0.1, 0.15) is 21.6 Å². The van der Waals surface area contributed by atoms with Crippen molar-refractivity contribution in [3.63, 3.8) is 0 Å². The van der Waals surface area contributed by atoms with Gasteiger partial charge < -0.3 is 14.0 Å². The van der Waals surface area contributed by atoms with Crippen molar-refractivity contribution < 1.29 is 14.3 Å². The minimum Gasteiger partial charge on any atom is -0.487 e. The van der Waals surface area contributed by atoms with Crippen LogP contribution in [-0.2, 0) is 24.3 Å². The van der Waals surface area contributed by atoms with E-state index < -0.39 is 0 Å². The molecular formula is C22H20ClNO4. The Morgan fingerprint density at radius 2 is 1.71 bits per heavy atom. The number of para-hydroxylation sites is 1. The Kier molecular flexibility index (Phi) is 6.50. The summed E-state index contributed by atoms with van der Waals surface area (Å²) < 4.78 is 12.1. The summed E-state index contributed by atoms with van der Waals surface area (Å²) in [5.74, 6) is 0.331. The van der Waals surface area contributed by atoms with Crippen LogP contribution in [0, 0.1) is 0 Å². The monoisotopic (exact) mass is 397 g/mol. The molecular weight excluding hydrogens is 378 g/mol. The van der Waals surface area contributed by atoms with E-state index in [9.17, 15) is 9.59 Å². The Labute approximate surface area is 168 Å². The molecule has 0 saturated heterocycles. The summed E-state index contributed by atoms with van der Waals surface area (Å²) in [6.07, 6.45) is 0.611. The van der Waals surface area contributed by atoms with Gasteiger partial charge in [-0.05, 0) is 42.3 Å². The molecule has 0 aliphatic heterocycles. The maximum absolute atomic E-state index is 12.4. The van der Waals surface area contributed by atoms with Crippen LogP contribution in [0.25, 0.3) is 0 Å². The van der Waals surface area contributed by atoms with Crippen LogP contribution >= 0.6 is 11.6 Å². The average molecular weight is 398 g/mol. The highest BCUT2D eigenvalue weighted by atomic mass is 35.5. The SMILES string of the molecule is COC(=O)c1ccc(CCn2c(COc3ccccc3)c(Cl)ccc2=O)cc1. The number of aryl methyl sites for hydroxylation is 1. The predicted octanol–water partition coefficient (Wildman–Crippen LogP) is 4.11. The number of carbonyl (C=O) groups is 1. The van der Waals surface area contributed by atoms with Gasteiger partial charge in [-0.2, -0.15) is 0 Å². The summed E-state index contributed by atoms with van der Waals surface area (Å²) in [5, 5.41) is 0.483. The number of esters is 1. The van der Waals surface area contributed by atoms with Gasteiger partial charge in [0.25, 0.3) is 5.56 Å². The molecule has 0 unspecified atom stereocenters. The van der Waals surface area contributed by atoms with E-state index >= 15 is 0 Å². The number of nitrogens with zero attached hydrogens (tertiary/aromatic N) is 1. The first-order chi connectivity index (χ1) is 13.6. The fourth-order valence-corrected chi connectivity index (χ4v) is 3.04. The summed E-state index contributed by atoms with van der Waals surface area (Å²) in [6, 6.07) is 19.5. The number of hydrogen-bond donors (Lipinski definition) is 0. The van der Waals surface area contributed by atoms with Crippen LogP contribution in [-0.4, -0.2) is 17.6 Å². The van der Waals surface area contributed by atoms with Crippen molar-refractivity contribution in [2.24, 2.45) is 0 Å². The fourth-order valence-electron chi connectivity index (χ4n) is 2.82. The molecule has 0 spiro atoms. The van der Waals surface area contributed by atoms with Gasteiger partial charge in [-0.1, -0.05) is 41.9 Å². The number of hydrogen-bond acceptors (Lipinski definition) is 4. The number of halogens is 1. The summed E-state index contributed by atoms with van der Waals surface area (Å²) >= 11 is 6.33. The van der Waals surface area contributed by atoms with Crippen molar-refractivity contribution >= 4 is 17.6 Å². The standard InChI is InChI=1S/C22H20ClNO4/c1-27-22(26)17-9-7-16(8-10-17)13-14-24-20(19(23)11-12-21(24)25)15-28-18-5-3-2-4-6-18/h2-12H,13-15H2,1H3. The van der Waals surface area contributed by atoms with E-state index in [1.54, 1.807) is 22.8 Å². The molecule has 0 saturated carbocycles. The van der Waals surface area contributed by atoms with Gasteiger partial charge >= 0.3 is 5.97 Å². The van der Waals surface area contributed by atoms with Crippen molar-refractivity contribution in [3.8, 4) is 5.75 Å². The Balaban J connectivity index is 1.75. The molecule has 5 nitrogen and oxygen atoms in total. The molecule has 3 rings (SSSR count). The van der Waals surface area contributed by atoms with Gasteiger partial charge in [0.15, 0.2) is 0 Å². The Morgan fingerprint density at radius 1 is 1.00 bits per heavy atom. The van der Waals surface area contributed by atoms with Gasteiger partial charge in [-0.3, -0.25) is 4.79 Å². The first-order valence-corrected chi connectivity index (χ1v) is 9.19. The molecule has 0 radical (unpaired) electrons. The maximum Gasteiger partial charge on any atom is 0.337 e. The van der Waals surface area contributed by atoms with Gasteiger partial charge in [0.2, 0.25) is 0 Å². The van der Waals surface area contributed by atoms with Crippen LogP contribution in [0.4, 0.5) is 0 Å². The molecule has 6 heteroatoms. The third kappa shape index (κ3) is 4.81. The van der Waals surface area contributed by atoms with Crippen LogP contribution in [0.2, 0.25) is 5.02 Å². The van der Waals surface area contributed by atoms with E-state index in [1.807, 2.05) is 42.5 Å². The molecule has 1 aromatic heterocycles. The lowest BCUT2D eigenvalue weighted by atomic mass is 10.1. The number of rotatable bonds is 7. The van der Waals surface area contributed by atoms with Crippen molar-refractivity contribution in [1.29, 1.82) is 0 Å². The van der Waals surface area contributed by atoms with Crippen molar-refractivity contribution in [1.82, 2.24) is 4.57 Å². The second-order valence-electron chi connectivity index (χ2n) is 6.16. The first kappa shape index (κ1) is 19.7. The normalized spacial score (nSPS) is 10.5. The van der Waals surface area contributed by atoms with Crippen LogP contribution < -0.4 is 10.3 Å². The van der Waals surface area contributed by atoms with E-state index in [4.69, 9.17) is 21.1 Å². The molecule has 0 aliphatic rings. The van der Waals surface area contributed by atoms with E-state index in [1.165, 1.54) is 13.2 Å². The molecule has 0 atom stereocenters. The summed E-state index contributed by atoms with van der Waals surface area (Å²) in [4.78, 5) is 23.9. The molecule has 1 heterocycles. The minimum atomic E-state index is -0.377. The van der Waals surface area contributed by atoms with Crippen molar-refractivity contribution in [2.45, 2.75) is 19.6 Å². The molecule has 3 aromatic rings. The van der Waals surface area contributed by atoms with Gasteiger partial charge in [-0.25, -0.2) is 4.79 Å². The summed E-state index contributed by atoms with van der Waals surface area (Å²) in [6.45, 7) is 0.644. The van der Waals surface area contributed by atoms with Gasteiger partial charge in [0.1, 0.15) is 12.4 Å². The van der Waals surface area contributed by atoms with Crippen molar-refractivity contribution in [2.75, 3.05) is 7.11 Å². The Hall–Kier alpha value is -3.05. The number of aromatic nitrogens is 1. The third-order valence-corrected chi connectivity index (χ3v) is 4.70. The zero-order valence-electron chi connectivity index (χ0n) is 15.4. The van der Waals surface area contributed by atoms with Crippen LogP contribution in [0.3, 0.4) is 0 Å². The highest BCUT2D eigenvalue weighted by molar-refractivity contribution is 6.31. The van der Waals surface area contributed by atoms with E-state index in [-0.39, 0.29) is 18.1 Å². The second-order valence-corrected chi connectivity index (χ2v) is 6.57. The highest BCUT2D eigenvalue weighted by Gasteiger charge is 2.11. The molecule has 2 aromatic carbocycles. The number of benzene rings is 2. The molecule has 0 fully saturated rings. The van der Waals surface area contributed by atoms with E-state index in [0.717, 1.165) is 5.56 Å². The largest absolute Gasteiger partial charge is 0.487 e. The number of methoxy groups -OCH3 is 1. The smallest absolute Gasteiger partial charge is 0.337 e. The molecule has 0 aliphatic carbocycles. The quantitative estimate of drug-likeness (QED) is 0.563. The molecule has 0 amide bonds. The van der Waals surface area contributed by atoms with Gasteiger partial charge in [0, 0.05) is 12.6 Å². The minimum absolute atomic E-state index is 0.137. The Morgan fingerprint density at radius 3 is 2.39 bits per heavy atom. The van der Waals surface area contributed by atoms with Crippen molar-refractivity contribution in [3.05, 3.63) is 98.9 Å². The molecule has 0 N–H and O–H groups in total. The molecule has 28 heavy (non-hydrogen) atoms. The first-order valence-electron chi connectivity index (χ1n) is 8.82. The lowest BCUT2D eigenvalue weighted by Gasteiger charge is -2.15. The third-order valence-electron chi connectivity index (χ3n) is 4.36. The number of carbonyl (C=O) groups excluding carboxylic acids is 1. The molecule has 0 bridgehead atoms. The Bertz CT molecular complexity index is 997. The lowest BCUT2D eigenvalue weighted by molar-refractivity contribution is 0.0600. The van der Waals surface area contributed by atoms with Crippen LogP contribution in [0.5, 0.6) is 5.75 Å². The van der Waals surface area contributed by atoms with Gasteiger partial charge in [-0.15, -0.1) is 0 Å². The number of pyridine rings is 1. The maximum atomic E-state index is 12.4. The van der Waals surface area contributed by atoms with E-state index in [0.29, 0.717) is 35.0 Å². The lowest BCUT2D eigenvalue weighted by Crippen LogP contribution is -2.25. The number of ether oxygens (including phenoxy) is 2. The topological polar surface area (TPSA) is 57.5 Å². The summed E-state index contributed by atoms with van der Waals surface area (Å²) in [5.41, 5.74) is 1.98. The zero-order valence-corrected chi connectivity index (χ0v) is 16.2. The molecule has 144 valence electrons. The summed E-state index contributed by atoms with van der Waals surface area (Å²) in [7, 11) is 1.35. The van der Waals surface area contributed by atoms with Gasteiger partial charge in [0.05, 0.1) is 23.4 Å².